The van der Waals surface area contributed by atoms with E-state index in [9.17, 15) is 13.2 Å². The average Bonchev–Trinajstić information content (AvgIpc) is 3.02. The third-order valence-electron chi connectivity index (χ3n) is 4.21. The number of carbonyl (C=O) groups excluding carboxylic acids is 1. The molecule has 2 aromatic carbocycles. The van der Waals surface area contributed by atoms with E-state index in [4.69, 9.17) is 5.73 Å². The summed E-state index contributed by atoms with van der Waals surface area (Å²) in [5.41, 5.74) is 6.82. The molecule has 1 saturated heterocycles. The zero-order chi connectivity index (χ0) is 17.2. The highest BCUT2D eigenvalue weighted by Crippen LogP contribution is 2.21. The lowest BCUT2D eigenvalue weighted by atomic mass is 10.1. The molecule has 1 atom stereocenters. The molecule has 24 heavy (non-hydrogen) atoms. The van der Waals surface area contributed by atoms with Gasteiger partial charge in [0, 0.05) is 24.7 Å². The summed E-state index contributed by atoms with van der Waals surface area (Å²) < 4.78 is 25.2. The van der Waals surface area contributed by atoms with Crippen molar-refractivity contribution >= 4 is 15.7 Å². The van der Waals surface area contributed by atoms with E-state index in [2.05, 4.69) is 0 Å². The summed E-state index contributed by atoms with van der Waals surface area (Å²) in [6.45, 7) is 1.12. The Bertz CT molecular complexity index is 834. The maximum absolute atomic E-state index is 12.7. The van der Waals surface area contributed by atoms with E-state index in [0.717, 1.165) is 6.42 Å². The Hall–Kier alpha value is -2.18. The summed E-state index contributed by atoms with van der Waals surface area (Å²) in [6, 6.07) is 15.2. The molecule has 0 aliphatic carbocycles. The zero-order valence-corrected chi connectivity index (χ0v) is 14.1. The molecule has 0 bridgehead atoms. The number of likely N-dealkylation sites (tertiary alicyclic amines) is 1. The van der Waals surface area contributed by atoms with Crippen molar-refractivity contribution in [3.8, 4) is 0 Å². The van der Waals surface area contributed by atoms with Gasteiger partial charge in [-0.3, -0.25) is 4.79 Å². The quantitative estimate of drug-likeness (QED) is 0.918. The summed E-state index contributed by atoms with van der Waals surface area (Å²) in [6.07, 6.45) is 0.774. The standard InChI is InChI=1S/C18H20N2O3S/c19-15-10-11-20(12-15)18(21)17-9-5-4-6-14(17)13-24(22,23)16-7-2-1-3-8-16/h1-9,15H,10-13,19H2/t15-/m1/s1. The third-order valence-corrected chi connectivity index (χ3v) is 5.89. The lowest BCUT2D eigenvalue weighted by Crippen LogP contribution is -2.32. The molecule has 0 radical (unpaired) electrons. The molecule has 1 aliphatic heterocycles. The zero-order valence-electron chi connectivity index (χ0n) is 13.3. The normalized spacial score (nSPS) is 17.9. The highest BCUT2D eigenvalue weighted by atomic mass is 32.2. The molecule has 3 rings (SSSR count). The Labute approximate surface area is 142 Å². The molecule has 0 spiro atoms. The van der Waals surface area contributed by atoms with Crippen LogP contribution in [0.2, 0.25) is 0 Å². The number of hydrogen-bond donors (Lipinski definition) is 1. The summed E-state index contributed by atoms with van der Waals surface area (Å²) in [5, 5.41) is 0. The van der Waals surface area contributed by atoms with Crippen LogP contribution in [0.3, 0.4) is 0 Å². The van der Waals surface area contributed by atoms with Crippen LogP contribution in [-0.4, -0.2) is 38.4 Å². The van der Waals surface area contributed by atoms with Crippen LogP contribution >= 0.6 is 0 Å². The third kappa shape index (κ3) is 3.49. The predicted octanol–water partition coefficient (Wildman–Crippen LogP) is 1.83. The second-order valence-electron chi connectivity index (χ2n) is 6.03. The Balaban J connectivity index is 1.89. The number of carbonyl (C=O) groups is 1. The topological polar surface area (TPSA) is 80.5 Å². The minimum atomic E-state index is -3.50. The number of sulfone groups is 1. The van der Waals surface area contributed by atoms with Crippen LogP contribution in [0.15, 0.2) is 59.5 Å². The minimum Gasteiger partial charge on any atom is -0.337 e. The number of rotatable bonds is 4. The van der Waals surface area contributed by atoms with Gasteiger partial charge in [0.1, 0.15) is 0 Å². The van der Waals surface area contributed by atoms with Gasteiger partial charge in [0.05, 0.1) is 10.6 Å². The van der Waals surface area contributed by atoms with E-state index in [0.29, 0.717) is 24.2 Å². The Morgan fingerprint density at radius 3 is 2.42 bits per heavy atom. The number of amides is 1. The molecule has 0 saturated carbocycles. The molecular weight excluding hydrogens is 324 g/mol. The number of benzene rings is 2. The highest BCUT2D eigenvalue weighted by Gasteiger charge is 2.27. The Morgan fingerprint density at radius 1 is 1.08 bits per heavy atom. The molecule has 6 heteroatoms. The van der Waals surface area contributed by atoms with E-state index >= 15 is 0 Å². The van der Waals surface area contributed by atoms with Gasteiger partial charge in [-0.15, -0.1) is 0 Å². The van der Waals surface area contributed by atoms with E-state index < -0.39 is 9.84 Å². The first kappa shape index (κ1) is 16.7. The molecular formula is C18H20N2O3S. The van der Waals surface area contributed by atoms with Crippen molar-refractivity contribution in [2.45, 2.75) is 23.1 Å². The fourth-order valence-corrected chi connectivity index (χ4v) is 4.31. The summed E-state index contributed by atoms with van der Waals surface area (Å²) >= 11 is 0. The van der Waals surface area contributed by atoms with Crippen molar-refractivity contribution in [2.75, 3.05) is 13.1 Å². The largest absolute Gasteiger partial charge is 0.337 e. The minimum absolute atomic E-state index is 0.00540. The van der Waals surface area contributed by atoms with Crippen LogP contribution in [0.1, 0.15) is 22.3 Å². The van der Waals surface area contributed by atoms with E-state index in [-0.39, 0.29) is 22.6 Å². The maximum atomic E-state index is 12.7. The van der Waals surface area contributed by atoms with E-state index in [1.54, 1.807) is 59.5 Å². The monoisotopic (exact) mass is 344 g/mol. The number of nitrogens with two attached hydrogens (primary N) is 1. The Morgan fingerprint density at radius 2 is 1.75 bits per heavy atom. The molecule has 1 heterocycles. The molecule has 2 aromatic rings. The van der Waals surface area contributed by atoms with Crippen molar-refractivity contribution < 1.29 is 13.2 Å². The van der Waals surface area contributed by atoms with E-state index in [1.165, 1.54) is 0 Å². The smallest absolute Gasteiger partial charge is 0.254 e. The maximum Gasteiger partial charge on any atom is 0.254 e. The first-order valence-electron chi connectivity index (χ1n) is 7.88. The van der Waals surface area contributed by atoms with Gasteiger partial charge in [0.15, 0.2) is 9.84 Å². The van der Waals surface area contributed by atoms with Gasteiger partial charge in [0.2, 0.25) is 0 Å². The number of hydrogen-bond acceptors (Lipinski definition) is 4. The van der Waals surface area contributed by atoms with E-state index in [1.807, 2.05) is 0 Å². The van der Waals surface area contributed by atoms with Crippen LogP contribution in [0.5, 0.6) is 0 Å². The molecule has 126 valence electrons. The van der Waals surface area contributed by atoms with Gasteiger partial charge < -0.3 is 10.6 Å². The van der Waals surface area contributed by atoms with Crippen LogP contribution in [0, 0.1) is 0 Å². The molecule has 0 unspecified atom stereocenters. The second-order valence-corrected chi connectivity index (χ2v) is 8.02. The molecule has 5 nitrogen and oxygen atoms in total. The van der Waals surface area contributed by atoms with Crippen molar-refractivity contribution in [1.29, 1.82) is 0 Å². The number of nitrogens with zero attached hydrogens (tertiary/aromatic N) is 1. The van der Waals surface area contributed by atoms with Crippen molar-refractivity contribution in [2.24, 2.45) is 5.73 Å². The SMILES string of the molecule is N[C@@H]1CCN(C(=O)c2ccccc2CS(=O)(=O)c2ccccc2)C1. The molecule has 1 aliphatic rings. The van der Waals surface area contributed by atoms with Gasteiger partial charge >= 0.3 is 0 Å². The van der Waals surface area contributed by atoms with Crippen molar-refractivity contribution in [3.63, 3.8) is 0 Å². The molecule has 1 fully saturated rings. The average molecular weight is 344 g/mol. The summed E-state index contributed by atoms with van der Waals surface area (Å²) in [4.78, 5) is 14.7. The van der Waals surface area contributed by atoms with Gasteiger partial charge in [-0.2, -0.15) is 0 Å². The predicted molar refractivity (Wildman–Crippen MR) is 92.3 cm³/mol. The van der Waals surface area contributed by atoms with Crippen LogP contribution < -0.4 is 5.73 Å². The lowest BCUT2D eigenvalue weighted by Gasteiger charge is -2.18. The fraction of sp³-hybridized carbons (Fsp3) is 0.278. The van der Waals surface area contributed by atoms with Crippen LogP contribution in [-0.2, 0) is 15.6 Å². The summed E-state index contributed by atoms with van der Waals surface area (Å²) in [7, 11) is -3.50. The first-order chi connectivity index (χ1) is 11.5. The van der Waals surface area contributed by atoms with Crippen molar-refractivity contribution in [1.82, 2.24) is 4.90 Å². The Kier molecular flexibility index (Phi) is 4.69. The summed E-state index contributed by atoms with van der Waals surface area (Å²) in [5.74, 6) is -0.347. The fourth-order valence-electron chi connectivity index (χ4n) is 2.91. The molecule has 2 N–H and O–H groups in total. The van der Waals surface area contributed by atoms with Crippen LogP contribution in [0.25, 0.3) is 0 Å². The highest BCUT2D eigenvalue weighted by molar-refractivity contribution is 7.90. The van der Waals surface area contributed by atoms with Gasteiger partial charge in [-0.1, -0.05) is 36.4 Å². The second kappa shape index (κ2) is 6.75. The van der Waals surface area contributed by atoms with Gasteiger partial charge in [-0.05, 0) is 30.2 Å². The first-order valence-corrected chi connectivity index (χ1v) is 9.53. The van der Waals surface area contributed by atoms with Gasteiger partial charge in [-0.25, -0.2) is 8.42 Å². The van der Waals surface area contributed by atoms with Crippen molar-refractivity contribution in [3.05, 3.63) is 65.7 Å². The van der Waals surface area contributed by atoms with Gasteiger partial charge in [0.25, 0.3) is 5.91 Å². The molecule has 0 aromatic heterocycles. The molecule has 1 amide bonds. The van der Waals surface area contributed by atoms with Crippen LogP contribution in [0.4, 0.5) is 0 Å². The lowest BCUT2D eigenvalue weighted by molar-refractivity contribution is 0.0790.